The van der Waals surface area contributed by atoms with E-state index in [0.717, 1.165) is 25.7 Å². The van der Waals surface area contributed by atoms with Crippen LogP contribution in [0.2, 0.25) is 0 Å². The van der Waals surface area contributed by atoms with Crippen LogP contribution in [0.4, 0.5) is 0 Å². The van der Waals surface area contributed by atoms with Gasteiger partial charge in [0.25, 0.3) is 0 Å². The average Bonchev–Trinajstić information content (AvgIpc) is 2.71. The summed E-state index contributed by atoms with van der Waals surface area (Å²) in [5.74, 6) is -0.997. The topological polar surface area (TPSA) is 75.6 Å². The van der Waals surface area contributed by atoms with Crippen LogP contribution < -0.4 is 5.32 Å². The van der Waals surface area contributed by atoms with Gasteiger partial charge in [-0.3, -0.25) is 9.59 Å². The summed E-state index contributed by atoms with van der Waals surface area (Å²) in [6.07, 6.45) is 4.82. The van der Waals surface area contributed by atoms with Gasteiger partial charge in [-0.2, -0.15) is 0 Å². The number of ether oxygens (including phenoxy) is 1. The predicted molar refractivity (Wildman–Crippen MR) is 65.1 cm³/mol. The Morgan fingerprint density at radius 2 is 2.11 bits per heavy atom. The van der Waals surface area contributed by atoms with Crippen LogP contribution in [0.3, 0.4) is 0 Å². The highest BCUT2D eigenvalue weighted by Crippen LogP contribution is 2.41. The summed E-state index contributed by atoms with van der Waals surface area (Å²) in [6.45, 7) is 0.466. The monoisotopic (exact) mass is 255 g/mol. The molecule has 102 valence electrons. The number of rotatable bonds is 5. The second-order valence-electron chi connectivity index (χ2n) is 5.59. The maximum absolute atomic E-state index is 12.2. The van der Waals surface area contributed by atoms with Crippen molar-refractivity contribution in [3.05, 3.63) is 0 Å². The summed E-state index contributed by atoms with van der Waals surface area (Å²) in [6, 6.07) is 0.0212. The van der Waals surface area contributed by atoms with E-state index >= 15 is 0 Å². The molecule has 2 fully saturated rings. The van der Waals surface area contributed by atoms with Crippen LogP contribution in [0.5, 0.6) is 0 Å². The Kier molecular flexibility index (Phi) is 3.90. The fourth-order valence-corrected chi connectivity index (χ4v) is 2.99. The van der Waals surface area contributed by atoms with Crippen LogP contribution in [0.1, 0.15) is 38.5 Å². The van der Waals surface area contributed by atoms with Crippen molar-refractivity contribution in [1.82, 2.24) is 5.32 Å². The van der Waals surface area contributed by atoms with Crippen molar-refractivity contribution in [3.8, 4) is 0 Å². The number of carboxylic acids is 1. The molecule has 0 spiro atoms. The molecule has 2 atom stereocenters. The normalized spacial score (nSPS) is 29.6. The Morgan fingerprint density at radius 1 is 1.39 bits per heavy atom. The maximum atomic E-state index is 12.2. The SMILES string of the molecule is COCC1(C(=O)N[C@@H]2CC[C@H](C(=O)O)C2)CCC1. The summed E-state index contributed by atoms with van der Waals surface area (Å²) in [7, 11) is 1.61. The zero-order valence-corrected chi connectivity index (χ0v) is 10.8. The van der Waals surface area contributed by atoms with Crippen LogP contribution in [-0.2, 0) is 14.3 Å². The van der Waals surface area contributed by atoms with Gasteiger partial charge < -0.3 is 15.2 Å². The number of hydrogen-bond acceptors (Lipinski definition) is 3. The van der Waals surface area contributed by atoms with Crippen molar-refractivity contribution in [3.63, 3.8) is 0 Å². The van der Waals surface area contributed by atoms with Gasteiger partial charge in [0.05, 0.1) is 17.9 Å². The zero-order chi connectivity index (χ0) is 13.2. The molecule has 0 aromatic rings. The molecule has 0 bridgehead atoms. The van der Waals surface area contributed by atoms with Crippen LogP contribution >= 0.6 is 0 Å². The van der Waals surface area contributed by atoms with E-state index in [2.05, 4.69) is 5.32 Å². The molecule has 2 rings (SSSR count). The first-order valence-electron chi connectivity index (χ1n) is 6.60. The lowest BCUT2D eigenvalue weighted by atomic mass is 9.68. The number of carbonyl (C=O) groups is 2. The van der Waals surface area contributed by atoms with Gasteiger partial charge in [-0.15, -0.1) is 0 Å². The molecular formula is C13H21NO4. The van der Waals surface area contributed by atoms with Gasteiger partial charge in [-0.25, -0.2) is 0 Å². The van der Waals surface area contributed by atoms with Crippen molar-refractivity contribution >= 4 is 11.9 Å². The van der Waals surface area contributed by atoms with E-state index in [9.17, 15) is 9.59 Å². The van der Waals surface area contributed by atoms with Crippen molar-refractivity contribution in [1.29, 1.82) is 0 Å². The van der Waals surface area contributed by atoms with Gasteiger partial charge in [0.1, 0.15) is 0 Å². The Labute approximate surface area is 107 Å². The highest BCUT2D eigenvalue weighted by Gasteiger charge is 2.45. The number of hydrogen-bond donors (Lipinski definition) is 2. The second-order valence-corrected chi connectivity index (χ2v) is 5.59. The van der Waals surface area contributed by atoms with Crippen LogP contribution in [0.15, 0.2) is 0 Å². The Morgan fingerprint density at radius 3 is 2.56 bits per heavy atom. The molecule has 2 N–H and O–H groups in total. The molecule has 0 saturated heterocycles. The molecule has 0 heterocycles. The fourth-order valence-electron chi connectivity index (χ4n) is 2.99. The fraction of sp³-hybridized carbons (Fsp3) is 0.846. The van der Waals surface area contributed by atoms with E-state index in [-0.39, 0.29) is 23.3 Å². The lowest BCUT2D eigenvalue weighted by Crippen LogP contribution is -2.51. The molecule has 2 aliphatic carbocycles. The highest BCUT2D eigenvalue weighted by molar-refractivity contribution is 5.84. The number of methoxy groups -OCH3 is 1. The van der Waals surface area contributed by atoms with Crippen molar-refractivity contribution in [2.45, 2.75) is 44.6 Å². The first-order valence-corrected chi connectivity index (χ1v) is 6.60. The van der Waals surface area contributed by atoms with Gasteiger partial charge in [-0.1, -0.05) is 6.42 Å². The average molecular weight is 255 g/mol. The Balaban J connectivity index is 1.86. The largest absolute Gasteiger partial charge is 0.481 e. The van der Waals surface area contributed by atoms with E-state index < -0.39 is 5.97 Å². The smallest absolute Gasteiger partial charge is 0.306 e. The van der Waals surface area contributed by atoms with E-state index in [1.165, 1.54) is 0 Å². The first kappa shape index (κ1) is 13.3. The molecular weight excluding hydrogens is 234 g/mol. The minimum Gasteiger partial charge on any atom is -0.481 e. The van der Waals surface area contributed by atoms with Gasteiger partial charge >= 0.3 is 5.97 Å². The molecule has 0 aromatic carbocycles. The quantitative estimate of drug-likeness (QED) is 0.773. The Bertz CT molecular complexity index is 338. The van der Waals surface area contributed by atoms with Gasteiger partial charge in [0.2, 0.25) is 5.91 Å². The molecule has 5 heteroatoms. The van der Waals surface area contributed by atoms with E-state index in [0.29, 0.717) is 19.4 Å². The standard InChI is InChI=1S/C13H21NO4/c1-18-8-13(5-2-6-13)12(17)14-10-4-3-9(7-10)11(15)16/h9-10H,2-8H2,1H3,(H,14,17)(H,15,16)/t9-,10+/m0/s1. The second kappa shape index (κ2) is 5.26. The minimum absolute atomic E-state index is 0.0212. The molecule has 0 radical (unpaired) electrons. The molecule has 0 aromatic heterocycles. The van der Waals surface area contributed by atoms with Crippen LogP contribution in [0, 0.1) is 11.3 Å². The molecule has 2 aliphatic rings. The summed E-state index contributed by atoms with van der Waals surface area (Å²) in [5, 5.41) is 11.9. The van der Waals surface area contributed by atoms with Gasteiger partial charge in [0.15, 0.2) is 0 Å². The highest BCUT2D eigenvalue weighted by atomic mass is 16.5. The van der Waals surface area contributed by atoms with Crippen LogP contribution in [0.25, 0.3) is 0 Å². The summed E-state index contributed by atoms with van der Waals surface area (Å²) in [4.78, 5) is 23.1. The third kappa shape index (κ3) is 2.51. The van der Waals surface area contributed by atoms with Gasteiger partial charge in [0, 0.05) is 13.2 Å². The summed E-state index contributed by atoms with van der Waals surface area (Å²) >= 11 is 0. The number of nitrogens with one attached hydrogen (secondary N) is 1. The Hall–Kier alpha value is -1.10. The molecule has 0 unspecified atom stereocenters. The predicted octanol–water partition coefficient (Wildman–Crippen LogP) is 1.17. The maximum Gasteiger partial charge on any atom is 0.306 e. The minimum atomic E-state index is -0.748. The lowest BCUT2D eigenvalue weighted by Gasteiger charge is -2.40. The number of amides is 1. The van der Waals surface area contributed by atoms with E-state index in [4.69, 9.17) is 9.84 Å². The number of carboxylic acid groups (broad SMARTS) is 1. The first-order chi connectivity index (χ1) is 8.57. The van der Waals surface area contributed by atoms with Crippen LogP contribution in [-0.4, -0.2) is 36.7 Å². The lowest BCUT2D eigenvalue weighted by molar-refractivity contribution is -0.143. The zero-order valence-electron chi connectivity index (χ0n) is 10.8. The third-order valence-corrected chi connectivity index (χ3v) is 4.33. The molecule has 2 saturated carbocycles. The summed E-state index contributed by atoms with van der Waals surface area (Å²) in [5.41, 5.74) is -0.351. The molecule has 5 nitrogen and oxygen atoms in total. The van der Waals surface area contributed by atoms with Crippen molar-refractivity contribution in [2.24, 2.45) is 11.3 Å². The van der Waals surface area contributed by atoms with E-state index in [1.54, 1.807) is 7.11 Å². The van der Waals surface area contributed by atoms with Crippen molar-refractivity contribution < 1.29 is 19.4 Å². The molecule has 18 heavy (non-hydrogen) atoms. The van der Waals surface area contributed by atoms with Gasteiger partial charge in [-0.05, 0) is 32.1 Å². The molecule has 0 aliphatic heterocycles. The third-order valence-electron chi connectivity index (χ3n) is 4.33. The number of carbonyl (C=O) groups excluding carboxylic acids is 1. The van der Waals surface area contributed by atoms with E-state index in [1.807, 2.05) is 0 Å². The molecule has 1 amide bonds. The summed E-state index contributed by atoms with van der Waals surface area (Å²) < 4.78 is 5.14. The van der Waals surface area contributed by atoms with Crippen molar-refractivity contribution in [2.75, 3.05) is 13.7 Å². The number of aliphatic carboxylic acids is 1.